The van der Waals surface area contributed by atoms with Crippen LogP contribution in [-0.4, -0.2) is 90.8 Å². The number of piperidine rings is 2. The molecule has 4 heterocycles. The predicted molar refractivity (Wildman–Crippen MR) is 142 cm³/mol. The van der Waals surface area contributed by atoms with Gasteiger partial charge >= 0.3 is 5.97 Å². The fraction of sp³-hybridized carbons (Fsp3) is 0.731. The highest BCUT2D eigenvalue weighted by Gasteiger charge is 2.39. The van der Waals surface area contributed by atoms with Crippen molar-refractivity contribution in [2.75, 3.05) is 39.5 Å². The van der Waals surface area contributed by atoms with Crippen LogP contribution in [0.25, 0.3) is 0 Å². The van der Waals surface area contributed by atoms with Gasteiger partial charge in [0.2, 0.25) is 0 Å². The van der Waals surface area contributed by atoms with Gasteiger partial charge in [-0.15, -0.1) is 0 Å². The molecule has 3 aliphatic rings. The molecule has 10 nitrogen and oxygen atoms in total. The molecule has 206 valence electrons. The fourth-order valence-corrected chi connectivity index (χ4v) is 6.16. The third-order valence-electron chi connectivity index (χ3n) is 8.24. The van der Waals surface area contributed by atoms with Gasteiger partial charge in [-0.1, -0.05) is 18.0 Å². The van der Waals surface area contributed by atoms with Crippen molar-refractivity contribution in [1.29, 1.82) is 0 Å². The monoisotopic (exact) mass is 537 g/mol. The Labute approximate surface area is 223 Å². The average Bonchev–Trinajstić information content (AvgIpc) is 3.06. The molecule has 1 aromatic heterocycles. The van der Waals surface area contributed by atoms with Gasteiger partial charge in [-0.05, 0) is 64.6 Å². The Balaban J connectivity index is 1.13. The normalized spacial score (nSPS) is 28.2. The highest BCUT2D eigenvalue weighted by atomic mass is 35.5. The lowest BCUT2D eigenvalue weighted by atomic mass is 10.0. The molecule has 37 heavy (non-hydrogen) atoms. The Morgan fingerprint density at radius 1 is 1.19 bits per heavy atom. The van der Waals surface area contributed by atoms with Crippen molar-refractivity contribution in [3.8, 4) is 0 Å². The van der Waals surface area contributed by atoms with E-state index in [0.29, 0.717) is 31.5 Å². The molecule has 1 aromatic rings. The zero-order valence-electron chi connectivity index (χ0n) is 21.8. The van der Waals surface area contributed by atoms with Gasteiger partial charge in [0.15, 0.2) is 0 Å². The van der Waals surface area contributed by atoms with Crippen molar-refractivity contribution in [2.24, 2.45) is 0 Å². The summed E-state index contributed by atoms with van der Waals surface area (Å²) in [5.41, 5.74) is 4.94. The molecule has 0 radical (unpaired) electrons. The van der Waals surface area contributed by atoms with Crippen LogP contribution in [0.3, 0.4) is 0 Å². The highest BCUT2D eigenvalue weighted by molar-refractivity contribution is 6.33. The molecule has 4 rings (SSSR count). The summed E-state index contributed by atoms with van der Waals surface area (Å²) in [6, 6.07) is 2.22. The maximum atomic E-state index is 12.7. The lowest BCUT2D eigenvalue weighted by molar-refractivity contribution is -0.152. The molecule has 0 spiro atoms. The summed E-state index contributed by atoms with van der Waals surface area (Å²) in [4.78, 5) is 44.3. The number of likely N-dealkylation sites (tertiary alicyclic amines) is 1. The molecule has 11 heteroatoms. The van der Waals surface area contributed by atoms with Crippen LogP contribution >= 0.6 is 11.6 Å². The molecule has 3 saturated heterocycles. The van der Waals surface area contributed by atoms with Gasteiger partial charge in [-0.3, -0.25) is 14.4 Å². The maximum absolute atomic E-state index is 12.7. The van der Waals surface area contributed by atoms with E-state index in [-0.39, 0.29) is 40.6 Å². The number of rotatable bonds is 10. The van der Waals surface area contributed by atoms with Crippen LogP contribution in [0.5, 0.6) is 0 Å². The minimum Gasteiger partial charge on any atom is -0.462 e. The quantitative estimate of drug-likeness (QED) is 0.306. The summed E-state index contributed by atoms with van der Waals surface area (Å²) in [5.74, 6) is -0.526. The molecule has 0 aromatic carbocycles. The molecule has 3 fully saturated rings. The van der Waals surface area contributed by atoms with Crippen molar-refractivity contribution in [3.05, 3.63) is 27.0 Å². The first-order valence-corrected chi connectivity index (χ1v) is 13.8. The van der Waals surface area contributed by atoms with Crippen LogP contribution < -0.4 is 16.6 Å². The number of H-pyrrole nitrogens is 1. The Morgan fingerprint density at radius 3 is 2.62 bits per heavy atom. The van der Waals surface area contributed by atoms with E-state index in [2.05, 4.69) is 27.1 Å². The third-order valence-corrected chi connectivity index (χ3v) is 8.55. The number of aromatic amines is 1. The number of halogens is 1. The highest BCUT2D eigenvalue weighted by Crippen LogP contribution is 2.35. The van der Waals surface area contributed by atoms with Gasteiger partial charge in [0, 0.05) is 38.7 Å². The van der Waals surface area contributed by atoms with Crippen LogP contribution in [0.15, 0.2) is 10.9 Å². The number of nitrogens with two attached hydrogens (primary N) is 1. The van der Waals surface area contributed by atoms with Crippen molar-refractivity contribution in [1.82, 2.24) is 20.1 Å². The summed E-state index contributed by atoms with van der Waals surface area (Å²) in [6.45, 7) is 2.39. The van der Waals surface area contributed by atoms with Crippen LogP contribution in [0.2, 0.25) is 5.02 Å². The molecule has 0 saturated carbocycles. The van der Waals surface area contributed by atoms with Crippen molar-refractivity contribution >= 4 is 29.3 Å². The van der Waals surface area contributed by atoms with Gasteiger partial charge < -0.3 is 35.3 Å². The van der Waals surface area contributed by atoms with Crippen LogP contribution in [0.4, 0.5) is 5.82 Å². The first-order chi connectivity index (χ1) is 17.7. The zero-order valence-corrected chi connectivity index (χ0v) is 22.6. The average molecular weight is 538 g/mol. The molecule has 0 aliphatic carbocycles. The number of nitrogens with one attached hydrogen (secondary N) is 2. The standard InChI is InChI=1S/C26H40ClN5O5/c1-31-16-7-8-17(31)13-18(12-16)37-23(33)6-4-3-5-10-32-11-9-21(22(15-32)36-2)29-25(34)19-14-20(27)24(28)30-26(19)35/h14,16-18,21-22H,3-13,15H2,1-2H3,(H,29,34)(H3,28,30,35)/t16?,17?,18?,21-,22+/m0/s1. The smallest absolute Gasteiger partial charge is 0.306 e. The number of amides is 1. The first kappa shape index (κ1) is 27.9. The molecule has 2 bridgehead atoms. The summed E-state index contributed by atoms with van der Waals surface area (Å²) in [7, 11) is 3.82. The number of hydrogen-bond donors (Lipinski definition) is 3. The number of ether oxygens (including phenoxy) is 2. The Bertz CT molecular complexity index is 1010. The van der Waals surface area contributed by atoms with E-state index < -0.39 is 11.5 Å². The molecule has 3 aliphatic heterocycles. The molecule has 4 atom stereocenters. The van der Waals surface area contributed by atoms with E-state index in [1.807, 2.05) is 0 Å². The van der Waals surface area contributed by atoms with E-state index in [9.17, 15) is 14.4 Å². The lowest BCUT2D eigenvalue weighted by Gasteiger charge is -2.38. The van der Waals surface area contributed by atoms with Gasteiger partial charge in [0.25, 0.3) is 11.5 Å². The predicted octanol–water partition coefficient (Wildman–Crippen LogP) is 2.16. The van der Waals surface area contributed by atoms with Crippen LogP contribution in [0.1, 0.15) is 68.1 Å². The summed E-state index contributed by atoms with van der Waals surface area (Å²) in [5, 5.41) is 3.04. The number of unbranched alkanes of at least 4 members (excludes halogenated alkanes) is 2. The Hall–Kier alpha value is -2.14. The zero-order chi connectivity index (χ0) is 26.5. The lowest BCUT2D eigenvalue weighted by Crippen LogP contribution is -2.55. The minimum absolute atomic E-state index is 0.0344. The summed E-state index contributed by atoms with van der Waals surface area (Å²) < 4.78 is 11.4. The largest absolute Gasteiger partial charge is 0.462 e. The molecule has 2 unspecified atom stereocenters. The molecule has 4 N–H and O–H groups in total. The number of aromatic nitrogens is 1. The van der Waals surface area contributed by atoms with E-state index in [1.54, 1.807) is 7.11 Å². The number of hydrogen-bond acceptors (Lipinski definition) is 8. The van der Waals surface area contributed by atoms with Crippen LogP contribution in [-0.2, 0) is 14.3 Å². The Kier molecular flexibility index (Phi) is 9.50. The number of esters is 1. The number of methoxy groups -OCH3 is 1. The molecular weight excluding hydrogens is 498 g/mol. The number of nitrogens with zero attached hydrogens (tertiary/aromatic N) is 2. The fourth-order valence-electron chi connectivity index (χ4n) is 6.01. The van der Waals surface area contributed by atoms with Gasteiger partial charge in [0.1, 0.15) is 17.5 Å². The summed E-state index contributed by atoms with van der Waals surface area (Å²) >= 11 is 5.96. The minimum atomic E-state index is -0.576. The topological polar surface area (TPSA) is 130 Å². The number of pyridine rings is 1. The second kappa shape index (κ2) is 12.6. The number of carbonyl (C=O) groups is 2. The van der Waals surface area contributed by atoms with E-state index in [0.717, 1.165) is 45.2 Å². The SMILES string of the molecule is CO[C@@H]1CN(CCCCCC(=O)OC2CC3CCC(C2)N3C)CC[C@@H]1NC(=O)c1cc(Cl)c(N)[nH]c1=O. The van der Waals surface area contributed by atoms with Gasteiger partial charge in [-0.2, -0.15) is 0 Å². The van der Waals surface area contributed by atoms with E-state index >= 15 is 0 Å². The van der Waals surface area contributed by atoms with Crippen molar-refractivity contribution in [2.45, 2.75) is 88.1 Å². The number of carbonyl (C=O) groups excluding carboxylic acids is 2. The number of anilines is 1. The Morgan fingerprint density at radius 2 is 1.92 bits per heavy atom. The van der Waals surface area contributed by atoms with Crippen LogP contribution in [0, 0.1) is 0 Å². The van der Waals surface area contributed by atoms with E-state index in [1.165, 1.54) is 18.9 Å². The second-order valence-electron chi connectivity index (χ2n) is 10.7. The number of nitrogen functional groups attached to an aromatic ring is 1. The first-order valence-electron chi connectivity index (χ1n) is 13.4. The van der Waals surface area contributed by atoms with Gasteiger partial charge in [-0.25, -0.2) is 0 Å². The number of fused-ring (bicyclic) bond motifs is 2. The van der Waals surface area contributed by atoms with Crippen molar-refractivity contribution < 1.29 is 19.1 Å². The maximum Gasteiger partial charge on any atom is 0.306 e. The van der Waals surface area contributed by atoms with E-state index in [4.69, 9.17) is 26.8 Å². The molecule has 1 amide bonds. The third kappa shape index (κ3) is 7.04. The summed E-state index contributed by atoms with van der Waals surface area (Å²) in [6.07, 6.45) is 8.24. The molecular formula is C26H40ClN5O5. The van der Waals surface area contributed by atoms with Gasteiger partial charge in [0.05, 0.1) is 17.2 Å². The second-order valence-corrected chi connectivity index (χ2v) is 11.1. The van der Waals surface area contributed by atoms with Crippen molar-refractivity contribution in [3.63, 3.8) is 0 Å².